The number of Topliss-reactive ketones (excluding diaryl/α,β-unsaturated/α-hetero) is 1. The fourth-order valence-corrected chi connectivity index (χ4v) is 1.88. The highest BCUT2D eigenvalue weighted by molar-refractivity contribution is 9.10. The van der Waals surface area contributed by atoms with Gasteiger partial charge in [0.05, 0.1) is 10.7 Å². The highest BCUT2D eigenvalue weighted by Crippen LogP contribution is 2.21. The molecule has 1 atom stereocenters. The summed E-state index contributed by atoms with van der Waals surface area (Å²) in [5, 5.41) is 4.15. The second-order valence-electron chi connectivity index (χ2n) is 3.98. The van der Waals surface area contributed by atoms with Crippen molar-refractivity contribution in [2.45, 2.75) is 39.3 Å². The molecular weight excluding hydrogens is 258 g/mol. The average Bonchev–Trinajstić information content (AvgIpc) is 2.45. The van der Waals surface area contributed by atoms with E-state index in [-0.39, 0.29) is 17.9 Å². The first kappa shape index (κ1) is 12.4. The van der Waals surface area contributed by atoms with Gasteiger partial charge >= 0.3 is 0 Å². The molecule has 0 amide bonds. The summed E-state index contributed by atoms with van der Waals surface area (Å²) in [6.07, 6.45) is 1.99. The highest BCUT2D eigenvalue weighted by Gasteiger charge is 2.19. The first-order valence-corrected chi connectivity index (χ1v) is 5.74. The second kappa shape index (κ2) is 4.90. The molecule has 0 saturated heterocycles. The molecule has 1 heterocycles. The van der Waals surface area contributed by atoms with Gasteiger partial charge in [-0.05, 0) is 36.7 Å². The smallest absolute Gasteiger partial charge is 0.183 e. The van der Waals surface area contributed by atoms with Crippen molar-refractivity contribution < 1.29 is 4.79 Å². The van der Waals surface area contributed by atoms with E-state index in [2.05, 4.69) is 21.0 Å². The fourth-order valence-electron chi connectivity index (χ4n) is 1.38. The molecular formula is C10H16BrN3O. The quantitative estimate of drug-likeness (QED) is 0.856. The summed E-state index contributed by atoms with van der Waals surface area (Å²) in [5.41, 5.74) is 6.22. The number of ketones is 1. The average molecular weight is 274 g/mol. The van der Waals surface area contributed by atoms with E-state index in [1.54, 1.807) is 10.9 Å². The lowest BCUT2D eigenvalue weighted by Gasteiger charge is -2.11. The SMILES string of the molecule is CC(N)CC(=O)c1c(Br)cnn1C(C)C. The van der Waals surface area contributed by atoms with Crippen molar-refractivity contribution in [2.24, 2.45) is 5.73 Å². The number of carbonyl (C=O) groups excluding carboxylic acids is 1. The van der Waals surface area contributed by atoms with E-state index in [9.17, 15) is 4.79 Å². The summed E-state index contributed by atoms with van der Waals surface area (Å²) in [4.78, 5) is 11.9. The highest BCUT2D eigenvalue weighted by atomic mass is 79.9. The van der Waals surface area contributed by atoms with Gasteiger partial charge in [-0.1, -0.05) is 0 Å². The lowest BCUT2D eigenvalue weighted by atomic mass is 10.1. The Kier molecular flexibility index (Phi) is 4.04. The summed E-state index contributed by atoms with van der Waals surface area (Å²) in [5.74, 6) is 0.0306. The number of hydrogen-bond acceptors (Lipinski definition) is 3. The van der Waals surface area contributed by atoms with Gasteiger partial charge in [0.25, 0.3) is 0 Å². The van der Waals surface area contributed by atoms with E-state index >= 15 is 0 Å². The number of carbonyl (C=O) groups is 1. The Bertz CT molecular complexity index is 358. The maximum Gasteiger partial charge on any atom is 0.183 e. The topological polar surface area (TPSA) is 60.9 Å². The molecule has 5 heteroatoms. The van der Waals surface area contributed by atoms with Gasteiger partial charge in [-0.15, -0.1) is 0 Å². The Morgan fingerprint density at radius 2 is 2.20 bits per heavy atom. The van der Waals surface area contributed by atoms with Crippen molar-refractivity contribution in [3.8, 4) is 0 Å². The molecule has 0 fully saturated rings. The Balaban J connectivity index is 3.01. The minimum Gasteiger partial charge on any atom is -0.328 e. The van der Waals surface area contributed by atoms with Crippen LogP contribution >= 0.6 is 15.9 Å². The van der Waals surface area contributed by atoms with Crippen molar-refractivity contribution in [1.82, 2.24) is 9.78 Å². The Hall–Kier alpha value is -0.680. The van der Waals surface area contributed by atoms with Crippen LogP contribution in [0.5, 0.6) is 0 Å². The van der Waals surface area contributed by atoms with Crippen molar-refractivity contribution in [1.29, 1.82) is 0 Å². The Morgan fingerprint density at radius 1 is 1.60 bits per heavy atom. The van der Waals surface area contributed by atoms with E-state index in [1.807, 2.05) is 20.8 Å². The summed E-state index contributed by atoms with van der Waals surface area (Å²) in [7, 11) is 0. The largest absolute Gasteiger partial charge is 0.328 e. The lowest BCUT2D eigenvalue weighted by molar-refractivity contribution is 0.0963. The van der Waals surface area contributed by atoms with Gasteiger partial charge in [0, 0.05) is 18.5 Å². The van der Waals surface area contributed by atoms with Gasteiger partial charge in [0.2, 0.25) is 0 Å². The van der Waals surface area contributed by atoms with Crippen LogP contribution < -0.4 is 5.73 Å². The third-order valence-electron chi connectivity index (χ3n) is 2.01. The van der Waals surface area contributed by atoms with Crippen molar-refractivity contribution in [3.05, 3.63) is 16.4 Å². The molecule has 1 unspecified atom stereocenters. The first-order valence-electron chi connectivity index (χ1n) is 4.95. The van der Waals surface area contributed by atoms with E-state index in [0.29, 0.717) is 12.1 Å². The van der Waals surface area contributed by atoms with Crippen LogP contribution in [0.25, 0.3) is 0 Å². The minimum absolute atomic E-state index is 0.0306. The summed E-state index contributed by atoms with van der Waals surface area (Å²) in [6.45, 7) is 5.80. The fraction of sp³-hybridized carbons (Fsp3) is 0.600. The molecule has 1 aromatic heterocycles. The molecule has 0 aliphatic carbocycles. The maximum absolute atomic E-state index is 11.9. The molecule has 0 aliphatic rings. The van der Waals surface area contributed by atoms with Gasteiger partial charge in [-0.3, -0.25) is 9.48 Å². The molecule has 4 nitrogen and oxygen atoms in total. The molecule has 2 N–H and O–H groups in total. The maximum atomic E-state index is 11.9. The van der Waals surface area contributed by atoms with E-state index in [4.69, 9.17) is 5.73 Å². The second-order valence-corrected chi connectivity index (χ2v) is 4.84. The normalized spacial score (nSPS) is 13.2. The van der Waals surface area contributed by atoms with Crippen LogP contribution in [0.15, 0.2) is 10.7 Å². The third-order valence-corrected chi connectivity index (χ3v) is 2.59. The summed E-state index contributed by atoms with van der Waals surface area (Å²) < 4.78 is 2.45. The van der Waals surface area contributed by atoms with Crippen LogP contribution in [0.3, 0.4) is 0 Å². The summed E-state index contributed by atoms with van der Waals surface area (Å²) in [6, 6.07) is 0.0447. The molecule has 0 aromatic carbocycles. The van der Waals surface area contributed by atoms with Crippen LogP contribution in [0, 0.1) is 0 Å². The molecule has 0 radical (unpaired) electrons. The molecule has 0 spiro atoms. The zero-order valence-electron chi connectivity index (χ0n) is 9.20. The van der Waals surface area contributed by atoms with Crippen LogP contribution in [0.4, 0.5) is 0 Å². The molecule has 0 bridgehead atoms. The van der Waals surface area contributed by atoms with Gasteiger partial charge in [0.1, 0.15) is 5.69 Å². The minimum atomic E-state index is -0.125. The van der Waals surface area contributed by atoms with E-state index in [0.717, 1.165) is 4.47 Å². The van der Waals surface area contributed by atoms with Crippen LogP contribution in [0.2, 0.25) is 0 Å². The lowest BCUT2D eigenvalue weighted by Crippen LogP contribution is -2.22. The zero-order valence-corrected chi connectivity index (χ0v) is 10.8. The Labute approximate surface area is 98.0 Å². The zero-order chi connectivity index (χ0) is 11.6. The number of nitrogens with two attached hydrogens (primary N) is 1. The third kappa shape index (κ3) is 2.89. The first-order chi connectivity index (χ1) is 6.93. The molecule has 15 heavy (non-hydrogen) atoms. The van der Waals surface area contributed by atoms with Crippen LogP contribution in [-0.4, -0.2) is 21.6 Å². The van der Waals surface area contributed by atoms with Gasteiger partial charge < -0.3 is 5.73 Å². The number of halogens is 1. The van der Waals surface area contributed by atoms with Crippen LogP contribution in [-0.2, 0) is 0 Å². The van der Waals surface area contributed by atoms with E-state index in [1.165, 1.54) is 0 Å². The van der Waals surface area contributed by atoms with Gasteiger partial charge in [-0.2, -0.15) is 5.10 Å². The standard InChI is InChI=1S/C10H16BrN3O/c1-6(2)14-10(8(11)5-13-14)9(15)4-7(3)12/h5-7H,4,12H2,1-3H3. The molecule has 0 saturated carbocycles. The van der Waals surface area contributed by atoms with Gasteiger partial charge in [-0.25, -0.2) is 0 Å². The Morgan fingerprint density at radius 3 is 2.67 bits per heavy atom. The number of nitrogens with zero attached hydrogens (tertiary/aromatic N) is 2. The predicted molar refractivity (Wildman–Crippen MR) is 62.9 cm³/mol. The number of hydrogen-bond donors (Lipinski definition) is 1. The molecule has 1 rings (SSSR count). The number of rotatable bonds is 4. The summed E-state index contributed by atoms with van der Waals surface area (Å²) >= 11 is 3.33. The molecule has 84 valence electrons. The predicted octanol–water partition coefficient (Wildman–Crippen LogP) is 2.15. The van der Waals surface area contributed by atoms with Crippen molar-refractivity contribution in [3.63, 3.8) is 0 Å². The van der Waals surface area contributed by atoms with E-state index < -0.39 is 0 Å². The monoisotopic (exact) mass is 273 g/mol. The molecule has 0 aliphatic heterocycles. The van der Waals surface area contributed by atoms with Crippen molar-refractivity contribution in [2.75, 3.05) is 0 Å². The number of aromatic nitrogens is 2. The molecule has 1 aromatic rings. The van der Waals surface area contributed by atoms with Crippen LogP contribution in [0.1, 0.15) is 43.7 Å². The van der Waals surface area contributed by atoms with Gasteiger partial charge in [0.15, 0.2) is 5.78 Å². The van der Waals surface area contributed by atoms with Crippen molar-refractivity contribution >= 4 is 21.7 Å².